The third-order valence-electron chi connectivity index (χ3n) is 4.34. The molecule has 0 spiro atoms. The SMILES string of the molecule is NC[C@@]1(N)[C@H](S(=O)(=O)c2ccc(Cl)cc2)[C@@H]1c1cccc(Cl)c1. The maximum absolute atomic E-state index is 12.9. The third kappa shape index (κ3) is 2.77. The number of sulfone groups is 1. The standard InChI is InChI=1S/C16H16Cl2N2O2S/c17-11-4-6-13(7-5-11)23(21,22)15-14(16(15,20)9-19)10-2-1-3-12(18)8-10/h1-8,14-15H,9,19-20H2/t14-,15+,16-/m0/s1. The van der Waals surface area contributed by atoms with Gasteiger partial charge in [0.15, 0.2) is 9.84 Å². The van der Waals surface area contributed by atoms with Gasteiger partial charge in [0.25, 0.3) is 0 Å². The van der Waals surface area contributed by atoms with E-state index in [0.29, 0.717) is 10.0 Å². The summed E-state index contributed by atoms with van der Waals surface area (Å²) in [5, 5.41) is 0.236. The van der Waals surface area contributed by atoms with Gasteiger partial charge in [-0.25, -0.2) is 8.42 Å². The van der Waals surface area contributed by atoms with Gasteiger partial charge in [-0.3, -0.25) is 0 Å². The van der Waals surface area contributed by atoms with Crippen molar-refractivity contribution in [1.82, 2.24) is 0 Å². The van der Waals surface area contributed by atoms with Gasteiger partial charge in [-0.1, -0.05) is 35.3 Å². The van der Waals surface area contributed by atoms with Crippen molar-refractivity contribution in [2.75, 3.05) is 6.54 Å². The molecule has 23 heavy (non-hydrogen) atoms. The van der Waals surface area contributed by atoms with Crippen LogP contribution in [0.1, 0.15) is 11.5 Å². The van der Waals surface area contributed by atoms with Crippen LogP contribution in [0.5, 0.6) is 0 Å². The molecule has 1 aliphatic rings. The Balaban J connectivity index is 2.03. The average molecular weight is 371 g/mol. The Morgan fingerprint density at radius 3 is 2.26 bits per heavy atom. The van der Waals surface area contributed by atoms with Crippen molar-refractivity contribution in [2.45, 2.75) is 21.6 Å². The Hall–Kier alpha value is -1.11. The fourth-order valence-electron chi connectivity index (χ4n) is 3.09. The Morgan fingerprint density at radius 2 is 1.70 bits per heavy atom. The number of hydrogen-bond donors (Lipinski definition) is 2. The number of nitrogens with two attached hydrogens (primary N) is 2. The summed E-state index contributed by atoms with van der Waals surface area (Å²) in [5.74, 6) is -0.383. The van der Waals surface area contributed by atoms with Crippen molar-refractivity contribution >= 4 is 33.0 Å². The molecule has 3 rings (SSSR count). The van der Waals surface area contributed by atoms with Crippen LogP contribution in [0.15, 0.2) is 53.4 Å². The van der Waals surface area contributed by atoms with Gasteiger partial charge in [0.1, 0.15) is 0 Å². The molecular formula is C16H16Cl2N2O2S. The Kier molecular flexibility index (Phi) is 4.19. The highest BCUT2D eigenvalue weighted by atomic mass is 35.5. The monoisotopic (exact) mass is 370 g/mol. The van der Waals surface area contributed by atoms with Crippen molar-refractivity contribution in [3.05, 3.63) is 64.1 Å². The highest BCUT2D eigenvalue weighted by molar-refractivity contribution is 7.92. The summed E-state index contributed by atoms with van der Waals surface area (Å²) in [4.78, 5) is 0.194. The number of halogens is 2. The fraction of sp³-hybridized carbons (Fsp3) is 0.250. The molecular weight excluding hydrogens is 355 g/mol. The lowest BCUT2D eigenvalue weighted by atomic mass is 10.1. The summed E-state index contributed by atoms with van der Waals surface area (Å²) in [6.07, 6.45) is 0. The number of rotatable bonds is 4. The van der Waals surface area contributed by atoms with Gasteiger partial charge >= 0.3 is 0 Å². The zero-order valence-corrected chi connectivity index (χ0v) is 14.4. The molecule has 0 bridgehead atoms. The third-order valence-corrected chi connectivity index (χ3v) is 7.14. The van der Waals surface area contributed by atoms with Gasteiger partial charge in [-0.05, 0) is 42.0 Å². The molecule has 0 amide bonds. The molecule has 0 radical (unpaired) electrons. The van der Waals surface area contributed by atoms with Gasteiger partial charge in [-0.2, -0.15) is 0 Å². The first-order chi connectivity index (χ1) is 10.8. The van der Waals surface area contributed by atoms with E-state index in [-0.39, 0.29) is 17.4 Å². The number of benzene rings is 2. The summed E-state index contributed by atoms with van der Waals surface area (Å²) < 4.78 is 25.9. The Morgan fingerprint density at radius 1 is 1.04 bits per heavy atom. The highest BCUT2D eigenvalue weighted by Gasteiger charge is 2.68. The van der Waals surface area contributed by atoms with Crippen molar-refractivity contribution in [3.63, 3.8) is 0 Å². The molecule has 122 valence electrons. The Labute approximate surface area is 145 Å². The molecule has 0 aromatic heterocycles. The minimum atomic E-state index is -3.62. The van der Waals surface area contributed by atoms with E-state index < -0.39 is 20.6 Å². The predicted octanol–water partition coefficient (Wildman–Crippen LogP) is 2.59. The van der Waals surface area contributed by atoms with Gasteiger partial charge in [0, 0.05) is 22.5 Å². The van der Waals surface area contributed by atoms with E-state index in [4.69, 9.17) is 34.7 Å². The lowest BCUT2D eigenvalue weighted by Crippen LogP contribution is -2.39. The summed E-state index contributed by atoms with van der Waals surface area (Å²) in [7, 11) is -3.62. The average Bonchev–Trinajstić information content (AvgIpc) is 3.15. The van der Waals surface area contributed by atoms with Gasteiger partial charge in [-0.15, -0.1) is 0 Å². The topological polar surface area (TPSA) is 86.2 Å². The minimum Gasteiger partial charge on any atom is -0.329 e. The van der Waals surface area contributed by atoms with Crippen LogP contribution in [-0.2, 0) is 9.84 Å². The van der Waals surface area contributed by atoms with Crippen molar-refractivity contribution in [1.29, 1.82) is 0 Å². The van der Waals surface area contributed by atoms with E-state index in [1.165, 1.54) is 12.1 Å². The first-order valence-corrected chi connectivity index (χ1v) is 9.35. The summed E-state index contributed by atoms with van der Waals surface area (Å²) >= 11 is 11.8. The van der Waals surface area contributed by atoms with Crippen LogP contribution in [0.2, 0.25) is 10.0 Å². The normalized spacial score (nSPS) is 27.0. The van der Waals surface area contributed by atoms with E-state index in [9.17, 15) is 8.42 Å². The van der Waals surface area contributed by atoms with E-state index in [0.717, 1.165) is 5.56 Å². The maximum Gasteiger partial charge on any atom is 0.183 e. The molecule has 1 fully saturated rings. The van der Waals surface area contributed by atoms with Gasteiger partial charge in [0.2, 0.25) is 0 Å². The predicted molar refractivity (Wildman–Crippen MR) is 92.6 cm³/mol. The van der Waals surface area contributed by atoms with Gasteiger partial charge < -0.3 is 11.5 Å². The quantitative estimate of drug-likeness (QED) is 0.865. The van der Waals surface area contributed by atoms with Crippen molar-refractivity contribution in [2.24, 2.45) is 11.5 Å². The van der Waals surface area contributed by atoms with Crippen LogP contribution in [0, 0.1) is 0 Å². The molecule has 1 aliphatic carbocycles. The van der Waals surface area contributed by atoms with Crippen LogP contribution < -0.4 is 11.5 Å². The summed E-state index contributed by atoms with van der Waals surface area (Å²) in [6.45, 7) is 0.0711. The zero-order valence-electron chi connectivity index (χ0n) is 12.1. The Bertz CT molecular complexity index is 839. The molecule has 0 aliphatic heterocycles. The van der Waals surface area contributed by atoms with Crippen LogP contribution in [0.25, 0.3) is 0 Å². The lowest BCUT2D eigenvalue weighted by Gasteiger charge is -2.09. The molecule has 1 saturated carbocycles. The maximum atomic E-state index is 12.9. The molecule has 3 atom stereocenters. The second-order valence-electron chi connectivity index (χ2n) is 5.77. The van der Waals surface area contributed by atoms with E-state index in [1.807, 2.05) is 6.07 Å². The minimum absolute atomic E-state index is 0.0711. The highest BCUT2D eigenvalue weighted by Crippen LogP contribution is 2.55. The van der Waals surface area contributed by atoms with E-state index in [1.54, 1.807) is 30.3 Å². The summed E-state index contributed by atoms with van der Waals surface area (Å²) in [6, 6.07) is 13.1. The second-order valence-corrected chi connectivity index (χ2v) is 8.71. The molecule has 4 N–H and O–H groups in total. The van der Waals surface area contributed by atoms with Crippen molar-refractivity contribution < 1.29 is 8.42 Å². The molecule has 4 nitrogen and oxygen atoms in total. The van der Waals surface area contributed by atoms with Crippen molar-refractivity contribution in [3.8, 4) is 0 Å². The summed E-state index contributed by atoms with van der Waals surface area (Å²) in [5.41, 5.74) is 11.9. The van der Waals surface area contributed by atoms with E-state index >= 15 is 0 Å². The molecule has 2 aromatic rings. The molecule has 7 heteroatoms. The van der Waals surface area contributed by atoms with Crippen LogP contribution in [0.4, 0.5) is 0 Å². The smallest absolute Gasteiger partial charge is 0.183 e. The molecule has 2 aromatic carbocycles. The first kappa shape index (κ1) is 16.7. The van der Waals surface area contributed by atoms with E-state index in [2.05, 4.69) is 0 Å². The molecule has 0 heterocycles. The van der Waals surface area contributed by atoms with Crippen LogP contribution in [0.3, 0.4) is 0 Å². The molecule has 0 unspecified atom stereocenters. The molecule has 0 saturated heterocycles. The lowest BCUT2D eigenvalue weighted by molar-refractivity contribution is 0.586. The van der Waals surface area contributed by atoms with Crippen LogP contribution >= 0.6 is 23.2 Å². The largest absolute Gasteiger partial charge is 0.329 e. The number of hydrogen-bond acceptors (Lipinski definition) is 4. The first-order valence-electron chi connectivity index (χ1n) is 7.04. The van der Waals surface area contributed by atoms with Gasteiger partial charge in [0.05, 0.1) is 15.7 Å². The fourth-order valence-corrected chi connectivity index (χ4v) is 5.73. The zero-order chi connectivity index (χ0) is 16.8. The van der Waals surface area contributed by atoms with Crippen LogP contribution in [-0.4, -0.2) is 25.8 Å². The second kappa shape index (κ2) is 5.76.